The van der Waals surface area contributed by atoms with Crippen LogP contribution in [0.1, 0.15) is 17.7 Å². The molecule has 0 aliphatic rings. The molecule has 0 aliphatic carbocycles. The molecule has 5 aromatic rings. The summed E-state index contributed by atoms with van der Waals surface area (Å²) in [7, 11) is 0. The molecule has 0 saturated heterocycles. The molecule has 0 aliphatic heterocycles. The van der Waals surface area contributed by atoms with E-state index in [0.717, 1.165) is 0 Å². The van der Waals surface area contributed by atoms with Gasteiger partial charge in [0.2, 0.25) is 0 Å². The topological polar surface area (TPSA) is 65.2 Å². The molecule has 4 heterocycles. The first-order chi connectivity index (χ1) is 14.4. The summed E-state index contributed by atoms with van der Waals surface area (Å²) < 4.78 is 58.3. The van der Waals surface area contributed by atoms with E-state index in [2.05, 4.69) is 24.8 Å². The number of aromatic nitrogens is 5. The van der Waals surface area contributed by atoms with Gasteiger partial charge in [-0.05, 0) is 30.7 Å². The third-order valence-electron chi connectivity index (χ3n) is 4.55. The molecular formula is C19H11F4N5OS. The molecule has 6 nitrogen and oxygen atoms in total. The van der Waals surface area contributed by atoms with Crippen molar-refractivity contribution in [3.8, 4) is 17.1 Å². The van der Waals surface area contributed by atoms with Gasteiger partial charge in [-0.25, -0.2) is 28.2 Å². The van der Waals surface area contributed by atoms with E-state index in [1.807, 2.05) is 0 Å². The number of thiophene rings is 1. The number of rotatable bonds is 4. The largest absolute Gasteiger partial charge is 0.434 e. The van der Waals surface area contributed by atoms with Gasteiger partial charge in [0.1, 0.15) is 27.3 Å². The maximum absolute atomic E-state index is 13.1. The van der Waals surface area contributed by atoms with E-state index in [1.54, 1.807) is 25.1 Å². The van der Waals surface area contributed by atoms with Crippen LogP contribution >= 0.6 is 11.3 Å². The Labute approximate surface area is 169 Å². The first kappa shape index (κ1) is 18.7. The van der Waals surface area contributed by atoms with E-state index in [1.165, 1.54) is 34.3 Å². The summed E-state index contributed by atoms with van der Waals surface area (Å²) in [5.41, 5.74) is 1.62. The van der Waals surface area contributed by atoms with Gasteiger partial charge in [0.25, 0.3) is 6.43 Å². The van der Waals surface area contributed by atoms with Crippen LogP contribution in [0.25, 0.3) is 37.5 Å². The molecule has 30 heavy (non-hydrogen) atoms. The molecule has 1 aromatic carbocycles. The van der Waals surface area contributed by atoms with Crippen LogP contribution in [0.2, 0.25) is 0 Å². The van der Waals surface area contributed by atoms with Crippen LogP contribution in [-0.2, 0) is 0 Å². The Morgan fingerprint density at radius 1 is 1.10 bits per heavy atom. The summed E-state index contributed by atoms with van der Waals surface area (Å²) in [6, 6.07) is 7.55. The van der Waals surface area contributed by atoms with Gasteiger partial charge < -0.3 is 4.74 Å². The second-order valence-corrected chi connectivity index (χ2v) is 7.45. The number of halogens is 4. The minimum atomic E-state index is -2.99. The molecular weight excluding hydrogens is 422 g/mol. The number of para-hydroxylation sites is 1. The molecule has 0 saturated carbocycles. The molecule has 4 aromatic heterocycles. The summed E-state index contributed by atoms with van der Waals surface area (Å²) >= 11 is 1.18. The van der Waals surface area contributed by atoms with Crippen LogP contribution < -0.4 is 4.74 Å². The van der Waals surface area contributed by atoms with Crippen LogP contribution in [0.15, 0.2) is 36.7 Å². The first-order valence-electron chi connectivity index (χ1n) is 8.70. The third-order valence-corrected chi connectivity index (χ3v) is 5.62. The van der Waals surface area contributed by atoms with Gasteiger partial charge in [-0.15, -0.1) is 16.4 Å². The summed E-state index contributed by atoms with van der Waals surface area (Å²) in [5, 5.41) is 5.00. The second kappa shape index (κ2) is 6.87. The van der Waals surface area contributed by atoms with Crippen molar-refractivity contribution in [1.82, 2.24) is 24.6 Å². The molecule has 0 bridgehead atoms. The second-order valence-electron chi connectivity index (χ2n) is 6.45. The highest BCUT2D eigenvalue weighted by atomic mass is 32.1. The Bertz CT molecular complexity index is 1410. The number of hydrogen-bond donors (Lipinski definition) is 0. The fourth-order valence-electron chi connectivity index (χ4n) is 3.31. The van der Waals surface area contributed by atoms with Crippen molar-refractivity contribution in [1.29, 1.82) is 0 Å². The van der Waals surface area contributed by atoms with E-state index in [9.17, 15) is 17.6 Å². The van der Waals surface area contributed by atoms with Gasteiger partial charge in [-0.3, -0.25) is 0 Å². The summed E-state index contributed by atoms with van der Waals surface area (Å²) in [5.74, 6) is 0.124. The number of hydrogen-bond acceptors (Lipinski definition) is 6. The van der Waals surface area contributed by atoms with Gasteiger partial charge >= 0.3 is 6.61 Å². The summed E-state index contributed by atoms with van der Waals surface area (Å²) in [6.07, 6.45) is -1.24. The molecule has 0 radical (unpaired) electrons. The number of alkyl halides is 4. The molecule has 11 heteroatoms. The van der Waals surface area contributed by atoms with Gasteiger partial charge in [-0.1, -0.05) is 12.1 Å². The van der Waals surface area contributed by atoms with Crippen LogP contribution in [-0.4, -0.2) is 31.2 Å². The maximum atomic E-state index is 13.1. The smallest absolute Gasteiger partial charge is 0.387 e. The fourth-order valence-corrected chi connectivity index (χ4v) is 4.50. The lowest BCUT2D eigenvalue weighted by molar-refractivity contribution is -0.0494. The molecule has 0 spiro atoms. The molecule has 0 N–H and O–H groups in total. The number of ether oxygens (including phenoxy) is 1. The minimum Gasteiger partial charge on any atom is -0.434 e. The van der Waals surface area contributed by atoms with Crippen LogP contribution in [0.5, 0.6) is 5.75 Å². The average Bonchev–Trinajstić information content (AvgIpc) is 3.28. The Balaban J connectivity index is 1.74. The highest BCUT2D eigenvalue weighted by Gasteiger charge is 2.20. The normalized spacial score (nSPS) is 12.1. The number of pyridine rings is 1. The average molecular weight is 433 g/mol. The lowest BCUT2D eigenvalue weighted by atomic mass is 10.1. The predicted octanol–water partition coefficient (Wildman–Crippen LogP) is 5.40. The molecule has 0 unspecified atom stereocenters. The van der Waals surface area contributed by atoms with E-state index >= 15 is 0 Å². The van der Waals surface area contributed by atoms with E-state index in [-0.39, 0.29) is 17.3 Å². The SMILES string of the molecule is Cc1cc(C(F)F)nc2sc3c(ncn4nc(-c5ccccc5OC(F)F)nc34)c12. The molecule has 0 fully saturated rings. The van der Waals surface area contributed by atoms with Crippen molar-refractivity contribution in [3.63, 3.8) is 0 Å². The Kier molecular flexibility index (Phi) is 4.28. The summed E-state index contributed by atoms with van der Waals surface area (Å²) in [4.78, 5) is 13.4. The first-order valence-corrected chi connectivity index (χ1v) is 9.51. The maximum Gasteiger partial charge on any atom is 0.387 e. The van der Waals surface area contributed by atoms with Crippen LogP contribution in [0.3, 0.4) is 0 Å². The zero-order valence-electron chi connectivity index (χ0n) is 15.2. The van der Waals surface area contributed by atoms with Crippen LogP contribution in [0.4, 0.5) is 17.6 Å². The van der Waals surface area contributed by atoms with Crippen molar-refractivity contribution in [2.45, 2.75) is 20.0 Å². The Morgan fingerprint density at radius 2 is 1.90 bits per heavy atom. The van der Waals surface area contributed by atoms with Crippen molar-refractivity contribution >= 4 is 37.4 Å². The molecule has 0 amide bonds. The quantitative estimate of drug-likeness (QED) is 0.355. The number of benzene rings is 1. The van der Waals surface area contributed by atoms with Gasteiger partial charge in [-0.2, -0.15) is 8.78 Å². The van der Waals surface area contributed by atoms with Crippen molar-refractivity contribution in [2.24, 2.45) is 0 Å². The van der Waals surface area contributed by atoms with E-state index in [0.29, 0.717) is 37.2 Å². The Morgan fingerprint density at radius 3 is 2.67 bits per heavy atom. The Hall–Kier alpha value is -3.34. The summed E-state index contributed by atoms with van der Waals surface area (Å²) in [6.45, 7) is -1.27. The van der Waals surface area contributed by atoms with Gasteiger partial charge in [0, 0.05) is 5.39 Å². The number of fused-ring (bicyclic) bond motifs is 5. The van der Waals surface area contributed by atoms with Crippen molar-refractivity contribution in [2.75, 3.05) is 0 Å². The van der Waals surface area contributed by atoms with Crippen LogP contribution in [0, 0.1) is 6.92 Å². The molecule has 5 rings (SSSR count). The molecule has 0 atom stereocenters. The number of nitrogens with zero attached hydrogens (tertiary/aromatic N) is 5. The fraction of sp³-hybridized carbons (Fsp3) is 0.158. The predicted molar refractivity (Wildman–Crippen MR) is 103 cm³/mol. The van der Waals surface area contributed by atoms with E-state index in [4.69, 9.17) is 0 Å². The minimum absolute atomic E-state index is 0.0527. The zero-order chi connectivity index (χ0) is 21.0. The van der Waals surface area contributed by atoms with Crippen molar-refractivity contribution < 1.29 is 22.3 Å². The lowest BCUT2D eigenvalue weighted by Gasteiger charge is -2.07. The van der Waals surface area contributed by atoms with Gasteiger partial charge in [0.15, 0.2) is 11.5 Å². The monoisotopic (exact) mass is 433 g/mol. The van der Waals surface area contributed by atoms with Gasteiger partial charge in [0.05, 0.1) is 11.1 Å². The van der Waals surface area contributed by atoms with Crippen molar-refractivity contribution in [3.05, 3.63) is 47.9 Å². The lowest BCUT2D eigenvalue weighted by Crippen LogP contribution is -2.03. The third kappa shape index (κ3) is 2.93. The van der Waals surface area contributed by atoms with E-state index < -0.39 is 13.0 Å². The highest BCUT2D eigenvalue weighted by molar-refractivity contribution is 7.26. The molecule has 152 valence electrons. The number of aryl methyl sites for hydroxylation is 1. The zero-order valence-corrected chi connectivity index (χ0v) is 16.0. The standard InChI is InChI=1S/C19H11F4N5OS/c1-8-6-10(15(20)21)25-18-12(8)13-14(30-18)17-26-16(27-28(17)7-24-13)9-4-2-3-5-11(9)29-19(22)23/h2-7,15,19H,1H3. The highest BCUT2D eigenvalue weighted by Crippen LogP contribution is 2.37.